The van der Waals surface area contributed by atoms with Gasteiger partial charge in [0.2, 0.25) is 0 Å². The van der Waals surface area contributed by atoms with E-state index in [-0.39, 0.29) is 10.6 Å². The molecule has 0 saturated heterocycles. The minimum Gasteiger partial charge on any atom is -0.387 e. The molecule has 0 spiro atoms. The first-order chi connectivity index (χ1) is 9.61. The van der Waals surface area contributed by atoms with Crippen molar-refractivity contribution in [1.29, 1.82) is 0 Å². The van der Waals surface area contributed by atoms with Crippen LogP contribution < -0.4 is 10.6 Å². The third-order valence-corrected chi connectivity index (χ3v) is 4.43. The molecule has 20 heavy (non-hydrogen) atoms. The Kier molecular flexibility index (Phi) is 5.37. The molecule has 1 aliphatic rings. The molecule has 0 radical (unpaired) electrons. The summed E-state index contributed by atoms with van der Waals surface area (Å²) >= 11 is 3.40. The van der Waals surface area contributed by atoms with E-state index >= 15 is 0 Å². The number of hydrogen-bond donors (Lipinski definition) is 2. The van der Waals surface area contributed by atoms with E-state index in [1.54, 1.807) is 6.07 Å². The van der Waals surface area contributed by atoms with E-state index in [4.69, 9.17) is 0 Å². The highest BCUT2D eigenvalue weighted by molar-refractivity contribution is 9.10. The molecule has 1 aromatic carbocycles. The van der Waals surface area contributed by atoms with Gasteiger partial charge in [-0.1, -0.05) is 19.3 Å². The van der Waals surface area contributed by atoms with E-state index in [9.17, 15) is 10.1 Å². The van der Waals surface area contributed by atoms with Gasteiger partial charge in [0.05, 0.1) is 10.6 Å². The number of halogens is 1. The van der Waals surface area contributed by atoms with Crippen LogP contribution in [0.25, 0.3) is 0 Å². The number of benzene rings is 1. The van der Waals surface area contributed by atoms with E-state index in [1.807, 2.05) is 7.05 Å². The van der Waals surface area contributed by atoms with Crippen LogP contribution in [0.1, 0.15) is 37.7 Å². The summed E-state index contributed by atoms with van der Waals surface area (Å²) in [5.74, 6) is 0. The van der Waals surface area contributed by atoms with Crippen molar-refractivity contribution in [3.05, 3.63) is 32.3 Å². The number of rotatable bonds is 5. The average molecular weight is 342 g/mol. The minimum absolute atomic E-state index is 0.122. The molecule has 2 N–H and O–H groups in total. The SMILES string of the molecule is CNc1c(Br)cc([N+](=O)[O-])cc1CNC1CCCCC1. The zero-order valence-corrected chi connectivity index (χ0v) is 13.2. The van der Waals surface area contributed by atoms with Crippen LogP contribution in [0.5, 0.6) is 0 Å². The number of nitro benzene ring substituents is 1. The maximum atomic E-state index is 11.0. The quantitative estimate of drug-likeness (QED) is 0.631. The number of non-ortho nitro benzene ring substituents is 1. The van der Waals surface area contributed by atoms with Gasteiger partial charge in [-0.25, -0.2) is 0 Å². The molecule has 0 atom stereocenters. The second-order valence-electron chi connectivity index (χ2n) is 5.18. The Balaban J connectivity index is 2.13. The Morgan fingerprint density at radius 1 is 1.35 bits per heavy atom. The summed E-state index contributed by atoms with van der Waals surface area (Å²) in [6.07, 6.45) is 6.27. The normalized spacial score (nSPS) is 16.1. The number of nitro groups is 1. The molecule has 0 amide bonds. The Bertz CT molecular complexity index is 488. The number of anilines is 1. The van der Waals surface area contributed by atoms with Crippen LogP contribution in [0.3, 0.4) is 0 Å². The Morgan fingerprint density at radius 3 is 2.65 bits per heavy atom. The molecule has 1 aliphatic carbocycles. The van der Waals surface area contributed by atoms with Crippen LogP contribution in [-0.2, 0) is 6.54 Å². The molecule has 0 bridgehead atoms. The summed E-state index contributed by atoms with van der Waals surface area (Å²) in [7, 11) is 1.83. The molecule has 110 valence electrons. The third kappa shape index (κ3) is 3.70. The fourth-order valence-corrected chi connectivity index (χ4v) is 3.42. The first-order valence-electron chi connectivity index (χ1n) is 6.99. The van der Waals surface area contributed by atoms with Crippen molar-refractivity contribution >= 4 is 27.3 Å². The topological polar surface area (TPSA) is 67.2 Å². The van der Waals surface area contributed by atoms with Gasteiger partial charge >= 0.3 is 0 Å². The summed E-state index contributed by atoms with van der Waals surface area (Å²) in [6.45, 7) is 0.654. The van der Waals surface area contributed by atoms with Crippen LogP contribution in [0, 0.1) is 10.1 Å². The highest BCUT2D eigenvalue weighted by Crippen LogP contribution is 2.31. The number of hydrogen-bond acceptors (Lipinski definition) is 4. The molecular weight excluding hydrogens is 322 g/mol. The zero-order valence-electron chi connectivity index (χ0n) is 11.6. The number of nitrogens with one attached hydrogen (secondary N) is 2. The van der Waals surface area contributed by atoms with Gasteiger partial charge in [0.15, 0.2) is 0 Å². The molecular formula is C14H20BrN3O2. The third-order valence-electron chi connectivity index (χ3n) is 3.80. The second kappa shape index (κ2) is 7.04. The average Bonchev–Trinajstić information content (AvgIpc) is 2.45. The van der Waals surface area contributed by atoms with E-state index in [0.29, 0.717) is 12.6 Å². The lowest BCUT2D eigenvalue weighted by Gasteiger charge is -2.23. The van der Waals surface area contributed by atoms with Crippen molar-refractivity contribution in [2.24, 2.45) is 0 Å². The van der Waals surface area contributed by atoms with Crippen LogP contribution >= 0.6 is 15.9 Å². The van der Waals surface area contributed by atoms with Gasteiger partial charge in [0, 0.05) is 36.2 Å². The summed E-state index contributed by atoms with van der Waals surface area (Å²) < 4.78 is 0.731. The predicted octanol–water partition coefficient (Wildman–Crippen LogP) is 3.82. The summed E-state index contributed by atoms with van der Waals surface area (Å²) in [5.41, 5.74) is 1.97. The second-order valence-corrected chi connectivity index (χ2v) is 6.04. The van der Waals surface area contributed by atoms with Gasteiger partial charge < -0.3 is 10.6 Å². The molecule has 1 fully saturated rings. The highest BCUT2D eigenvalue weighted by Gasteiger charge is 2.17. The van der Waals surface area contributed by atoms with E-state index in [1.165, 1.54) is 38.2 Å². The smallest absolute Gasteiger partial charge is 0.271 e. The van der Waals surface area contributed by atoms with E-state index in [2.05, 4.69) is 26.6 Å². The highest BCUT2D eigenvalue weighted by atomic mass is 79.9. The molecule has 5 nitrogen and oxygen atoms in total. The van der Waals surface area contributed by atoms with Crippen molar-refractivity contribution in [2.45, 2.75) is 44.7 Å². The van der Waals surface area contributed by atoms with Gasteiger partial charge in [-0.2, -0.15) is 0 Å². The molecule has 0 aliphatic heterocycles. The largest absolute Gasteiger partial charge is 0.387 e. The lowest BCUT2D eigenvalue weighted by atomic mass is 9.95. The summed E-state index contributed by atoms with van der Waals surface area (Å²) in [5, 5.41) is 17.6. The van der Waals surface area contributed by atoms with Crippen molar-refractivity contribution in [3.8, 4) is 0 Å². The van der Waals surface area contributed by atoms with Gasteiger partial charge in [0.1, 0.15) is 0 Å². The molecule has 0 aromatic heterocycles. The molecule has 1 aromatic rings. The standard InChI is InChI=1S/C14H20BrN3O2/c1-16-14-10(7-12(18(19)20)8-13(14)15)9-17-11-5-3-2-4-6-11/h7-8,11,16-17H,2-6,9H2,1H3. The summed E-state index contributed by atoms with van der Waals surface area (Å²) in [6, 6.07) is 3.72. The van der Waals surface area contributed by atoms with Gasteiger partial charge in [-0.3, -0.25) is 10.1 Å². The van der Waals surface area contributed by atoms with Gasteiger partial charge in [-0.05, 0) is 34.3 Å². The molecule has 0 unspecified atom stereocenters. The van der Waals surface area contributed by atoms with E-state index in [0.717, 1.165) is 15.7 Å². The fourth-order valence-electron chi connectivity index (χ4n) is 2.73. The zero-order chi connectivity index (χ0) is 14.5. The number of nitrogens with zero attached hydrogens (tertiary/aromatic N) is 1. The van der Waals surface area contributed by atoms with Gasteiger partial charge in [-0.15, -0.1) is 0 Å². The maximum absolute atomic E-state index is 11.0. The van der Waals surface area contributed by atoms with Gasteiger partial charge in [0.25, 0.3) is 5.69 Å². The van der Waals surface area contributed by atoms with Crippen LogP contribution in [0.4, 0.5) is 11.4 Å². The van der Waals surface area contributed by atoms with E-state index < -0.39 is 0 Å². The molecule has 1 saturated carbocycles. The van der Waals surface area contributed by atoms with Crippen LogP contribution in [0.2, 0.25) is 0 Å². The van der Waals surface area contributed by atoms with Crippen molar-refractivity contribution < 1.29 is 4.92 Å². The maximum Gasteiger partial charge on any atom is 0.271 e. The van der Waals surface area contributed by atoms with Crippen LogP contribution in [0.15, 0.2) is 16.6 Å². The monoisotopic (exact) mass is 341 g/mol. The van der Waals surface area contributed by atoms with Crippen molar-refractivity contribution in [3.63, 3.8) is 0 Å². The Labute approximate surface area is 127 Å². The Hall–Kier alpha value is -1.14. The first kappa shape index (κ1) is 15.3. The predicted molar refractivity (Wildman–Crippen MR) is 84.1 cm³/mol. The lowest BCUT2D eigenvalue weighted by Crippen LogP contribution is -2.30. The van der Waals surface area contributed by atoms with Crippen LogP contribution in [-0.4, -0.2) is 18.0 Å². The molecule has 0 heterocycles. The molecule has 6 heteroatoms. The summed E-state index contributed by atoms with van der Waals surface area (Å²) in [4.78, 5) is 10.6. The minimum atomic E-state index is -0.353. The molecule has 2 rings (SSSR count). The first-order valence-corrected chi connectivity index (χ1v) is 7.79. The lowest BCUT2D eigenvalue weighted by molar-refractivity contribution is -0.385. The Morgan fingerprint density at radius 2 is 2.05 bits per heavy atom. The van der Waals surface area contributed by atoms with Crippen molar-refractivity contribution in [1.82, 2.24) is 5.32 Å². The fraction of sp³-hybridized carbons (Fsp3) is 0.571. The van der Waals surface area contributed by atoms with Crippen molar-refractivity contribution in [2.75, 3.05) is 12.4 Å².